The molecule has 0 aliphatic carbocycles. The first kappa shape index (κ1) is 10.7. The number of nitrogens with one attached hydrogen (secondary N) is 1. The number of halogens is 2. The molecular formula is C11H9ClFN3. The van der Waals surface area contributed by atoms with E-state index in [4.69, 9.17) is 17.3 Å². The van der Waals surface area contributed by atoms with Crippen LogP contribution in [0.5, 0.6) is 0 Å². The van der Waals surface area contributed by atoms with Crippen molar-refractivity contribution in [1.82, 2.24) is 4.98 Å². The summed E-state index contributed by atoms with van der Waals surface area (Å²) in [6.07, 6.45) is 1.59. The lowest BCUT2D eigenvalue weighted by atomic mass is 10.3. The summed E-state index contributed by atoms with van der Waals surface area (Å²) in [5.74, 6) is -0.0161. The van der Waals surface area contributed by atoms with Crippen molar-refractivity contribution >= 4 is 28.8 Å². The Morgan fingerprint density at radius 3 is 2.75 bits per heavy atom. The van der Waals surface area contributed by atoms with Crippen LogP contribution in [0, 0.1) is 5.82 Å². The van der Waals surface area contributed by atoms with Gasteiger partial charge < -0.3 is 11.1 Å². The van der Waals surface area contributed by atoms with Crippen LogP contribution in [-0.2, 0) is 0 Å². The summed E-state index contributed by atoms with van der Waals surface area (Å²) >= 11 is 5.87. The van der Waals surface area contributed by atoms with Crippen molar-refractivity contribution in [1.29, 1.82) is 0 Å². The molecule has 0 aliphatic rings. The van der Waals surface area contributed by atoms with Gasteiger partial charge in [0.25, 0.3) is 0 Å². The molecule has 3 nitrogen and oxygen atoms in total. The molecule has 0 bridgehead atoms. The lowest BCUT2D eigenvalue weighted by molar-refractivity contribution is 0.628. The van der Waals surface area contributed by atoms with Gasteiger partial charge in [0.1, 0.15) is 11.6 Å². The van der Waals surface area contributed by atoms with E-state index in [9.17, 15) is 4.39 Å². The maximum Gasteiger partial charge on any atom is 0.147 e. The number of pyridine rings is 1. The van der Waals surface area contributed by atoms with Crippen molar-refractivity contribution in [3.8, 4) is 0 Å². The van der Waals surface area contributed by atoms with Crippen LogP contribution in [0.1, 0.15) is 0 Å². The zero-order valence-electron chi connectivity index (χ0n) is 8.24. The minimum Gasteiger partial charge on any atom is -0.382 e. The minimum absolute atomic E-state index is 0.295. The van der Waals surface area contributed by atoms with Crippen LogP contribution in [0.3, 0.4) is 0 Å². The number of anilines is 3. The highest BCUT2D eigenvalue weighted by Crippen LogP contribution is 2.27. The van der Waals surface area contributed by atoms with Crippen molar-refractivity contribution in [2.24, 2.45) is 0 Å². The Kier molecular flexibility index (Phi) is 2.92. The summed E-state index contributed by atoms with van der Waals surface area (Å²) in [4.78, 5) is 3.92. The van der Waals surface area contributed by atoms with Crippen LogP contribution in [0.4, 0.5) is 21.6 Å². The summed E-state index contributed by atoms with van der Waals surface area (Å²) in [5, 5.41) is 3.28. The monoisotopic (exact) mass is 237 g/mol. The van der Waals surface area contributed by atoms with Gasteiger partial charge in [0.15, 0.2) is 0 Å². The average molecular weight is 238 g/mol. The number of aromatic nitrogens is 1. The van der Waals surface area contributed by atoms with Crippen LogP contribution in [0.25, 0.3) is 0 Å². The Morgan fingerprint density at radius 1 is 1.25 bits per heavy atom. The highest BCUT2D eigenvalue weighted by Gasteiger charge is 2.04. The van der Waals surface area contributed by atoms with Gasteiger partial charge in [-0.1, -0.05) is 11.6 Å². The smallest absolute Gasteiger partial charge is 0.147 e. The van der Waals surface area contributed by atoms with Gasteiger partial charge in [0.05, 0.1) is 16.4 Å². The second kappa shape index (κ2) is 4.37. The van der Waals surface area contributed by atoms with Crippen molar-refractivity contribution in [2.45, 2.75) is 0 Å². The van der Waals surface area contributed by atoms with E-state index in [2.05, 4.69) is 10.3 Å². The molecule has 2 rings (SSSR count). The first-order chi connectivity index (χ1) is 7.66. The number of hydrogen-bond acceptors (Lipinski definition) is 3. The molecule has 82 valence electrons. The predicted octanol–water partition coefficient (Wildman–Crippen LogP) is 3.20. The van der Waals surface area contributed by atoms with Gasteiger partial charge in [0, 0.05) is 6.20 Å². The molecule has 0 amide bonds. The predicted molar refractivity (Wildman–Crippen MR) is 63.3 cm³/mol. The summed E-state index contributed by atoms with van der Waals surface area (Å²) in [5.41, 5.74) is 6.88. The Hall–Kier alpha value is -1.81. The number of nitrogen functional groups attached to an aromatic ring is 1. The van der Waals surface area contributed by atoms with Crippen LogP contribution >= 0.6 is 11.6 Å². The quantitative estimate of drug-likeness (QED) is 0.843. The molecule has 0 fully saturated rings. The Bertz CT molecular complexity index is 516. The molecule has 0 saturated carbocycles. The van der Waals surface area contributed by atoms with Crippen LogP contribution in [-0.4, -0.2) is 4.98 Å². The summed E-state index contributed by atoms with van der Waals surface area (Å²) < 4.78 is 12.8. The van der Waals surface area contributed by atoms with Crippen LogP contribution in [0.15, 0.2) is 36.5 Å². The van der Waals surface area contributed by atoms with Crippen molar-refractivity contribution in [3.63, 3.8) is 0 Å². The standard InChI is InChI=1S/C11H9ClFN3/c12-8-6-7(13)3-4-9(8)16-10-2-1-5-15-11(10)14/h1-6,16H,(H2,14,15). The molecular weight excluding hydrogens is 229 g/mol. The zero-order valence-corrected chi connectivity index (χ0v) is 9.00. The van der Waals surface area contributed by atoms with E-state index in [1.807, 2.05) is 0 Å². The molecule has 16 heavy (non-hydrogen) atoms. The topological polar surface area (TPSA) is 50.9 Å². The molecule has 0 spiro atoms. The number of nitrogens with zero attached hydrogens (tertiary/aromatic N) is 1. The third-order valence-corrected chi connectivity index (χ3v) is 2.35. The van der Waals surface area contributed by atoms with Crippen molar-refractivity contribution in [3.05, 3.63) is 47.4 Å². The highest BCUT2D eigenvalue weighted by molar-refractivity contribution is 6.33. The fourth-order valence-corrected chi connectivity index (χ4v) is 1.47. The van der Waals surface area contributed by atoms with E-state index in [1.165, 1.54) is 12.1 Å². The van der Waals surface area contributed by atoms with Gasteiger partial charge in [-0.05, 0) is 30.3 Å². The SMILES string of the molecule is Nc1ncccc1Nc1ccc(F)cc1Cl. The van der Waals surface area contributed by atoms with E-state index in [1.54, 1.807) is 24.4 Å². The first-order valence-electron chi connectivity index (χ1n) is 4.59. The van der Waals surface area contributed by atoms with Gasteiger partial charge in [-0.15, -0.1) is 0 Å². The van der Waals surface area contributed by atoms with Crippen molar-refractivity contribution in [2.75, 3.05) is 11.1 Å². The molecule has 1 heterocycles. The van der Waals surface area contributed by atoms with Crippen LogP contribution < -0.4 is 11.1 Å². The van der Waals surface area contributed by atoms with Gasteiger partial charge in [0.2, 0.25) is 0 Å². The highest BCUT2D eigenvalue weighted by atomic mass is 35.5. The number of hydrogen-bond donors (Lipinski definition) is 2. The van der Waals surface area contributed by atoms with Gasteiger partial charge in [-0.3, -0.25) is 0 Å². The molecule has 0 saturated heterocycles. The van der Waals surface area contributed by atoms with E-state index < -0.39 is 0 Å². The first-order valence-corrected chi connectivity index (χ1v) is 4.97. The van der Waals surface area contributed by atoms with E-state index in [-0.39, 0.29) is 5.82 Å². The van der Waals surface area contributed by atoms with E-state index in [0.29, 0.717) is 22.2 Å². The lowest BCUT2D eigenvalue weighted by Gasteiger charge is -2.09. The summed E-state index contributed by atoms with van der Waals surface area (Å²) in [6, 6.07) is 7.61. The molecule has 0 aliphatic heterocycles. The third kappa shape index (κ3) is 2.23. The minimum atomic E-state index is -0.380. The largest absolute Gasteiger partial charge is 0.382 e. The second-order valence-electron chi connectivity index (χ2n) is 3.19. The molecule has 2 aromatic rings. The van der Waals surface area contributed by atoms with Crippen molar-refractivity contribution < 1.29 is 4.39 Å². The normalized spacial score (nSPS) is 10.1. The lowest BCUT2D eigenvalue weighted by Crippen LogP contribution is -1.98. The molecule has 5 heteroatoms. The Labute approximate surface area is 97.1 Å². The molecule has 0 atom stereocenters. The molecule has 0 radical (unpaired) electrons. The number of nitrogens with two attached hydrogens (primary N) is 1. The third-order valence-electron chi connectivity index (χ3n) is 2.04. The summed E-state index contributed by atoms with van der Waals surface area (Å²) in [6.45, 7) is 0. The molecule has 1 aromatic carbocycles. The molecule has 3 N–H and O–H groups in total. The van der Waals surface area contributed by atoms with Crippen LogP contribution in [0.2, 0.25) is 5.02 Å². The molecule has 0 unspecified atom stereocenters. The van der Waals surface area contributed by atoms with E-state index >= 15 is 0 Å². The summed E-state index contributed by atoms with van der Waals surface area (Å²) in [7, 11) is 0. The van der Waals surface area contributed by atoms with Gasteiger partial charge in [-0.2, -0.15) is 0 Å². The maximum atomic E-state index is 12.8. The Morgan fingerprint density at radius 2 is 2.06 bits per heavy atom. The van der Waals surface area contributed by atoms with Gasteiger partial charge in [-0.25, -0.2) is 9.37 Å². The average Bonchev–Trinajstić information content (AvgIpc) is 2.25. The van der Waals surface area contributed by atoms with E-state index in [0.717, 1.165) is 0 Å². The number of rotatable bonds is 2. The second-order valence-corrected chi connectivity index (χ2v) is 3.59. The number of benzene rings is 1. The maximum absolute atomic E-state index is 12.8. The molecule has 1 aromatic heterocycles. The Balaban J connectivity index is 2.31. The fraction of sp³-hybridized carbons (Fsp3) is 0. The fourth-order valence-electron chi connectivity index (χ4n) is 1.26. The van der Waals surface area contributed by atoms with Gasteiger partial charge >= 0.3 is 0 Å². The zero-order chi connectivity index (χ0) is 11.5.